The number of aliphatic hydroxyl groups is 1. The van der Waals surface area contributed by atoms with Crippen LogP contribution in [0.5, 0.6) is 5.75 Å². The van der Waals surface area contributed by atoms with Crippen molar-refractivity contribution in [2.45, 2.75) is 37.8 Å². The van der Waals surface area contributed by atoms with Crippen LogP contribution in [0.25, 0.3) is 0 Å². The Morgan fingerprint density at radius 1 is 1.35 bits per heavy atom. The molecule has 0 spiro atoms. The zero-order valence-electron chi connectivity index (χ0n) is 12.3. The molecule has 4 heteroatoms. The zero-order chi connectivity index (χ0) is 14.4. The number of aliphatic hydroxyl groups excluding tert-OH is 1. The highest BCUT2D eigenvalue weighted by Gasteiger charge is 2.28. The van der Waals surface area contributed by atoms with Gasteiger partial charge in [0, 0.05) is 25.2 Å². The first-order valence-corrected chi connectivity index (χ1v) is 7.50. The molecule has 1 heterocycles. The number of likely N-dealkylation sites (tertiary alicyclic amines) is 1. The molecule has 1 aliphatic rings. The second kappa shape index (κ2) is 7.62. The molecule has 1 aliphatic heterocycles. The van der Waals surface area contributed by atoms with Gasteiger partial charge in [-0.1, -0.05) is 18.6 Å². The van der Waals surface area contributed by atoms with Crippen LogP contribution in [0.4, 0.5) is 0 Å². The van der Waals surface area contributed by atoms with Gasteiger partial charge in [0.05, 0.1) is 7.11 Å². The Kier molecular flexibility index (Phi) is 5.83. The maximum Gasteiger partial charge on any atom is 0.118 e. The third kappa shape index (κ3) is 3.51. The molecule has 1 aromatic carbocycles. The summed E-state index contributed by atoms with van der Waals surface area (Å²) >= 11 is 0. The standard InChI is InChI=1S/C16H26N2O2/c1-20-15-7-5-13(6-8-15)16(12-17)18-10-3-2-4-14(18)9-11-19/h5-8,14,16,19H,2-4,9-12,17H2,1H3. The van der Waals surface area contributed by atoms with Crippen LogP contribution in [0.15, 0.2) is 24.3 Å². The normalized spacial score (nSPS) is 21.6. The van der Waals surface area contributed by atoms with E-state index in [1.165, 1.54) is 18.4 Å². The summed E-state index contributed by atoms with van der Waals surface area (Å²) in [6, 6.07) is 8.86. The average Bonchev–Trinajstić information content (AvgIpc) is 2.51. The lowest BCUT2D eigenvalue weighted by Gasteiger charge is -2.41. The smallest absolute Gasteiger partial charge is 0.118 e. The first-order valence-electron chi connectivity index (χ1n) is 7.50. The van der Waals surface area contributed by atoms with Crippen molar-refractivity contribution in [1.29, 1.82) is 0 Å². The molecule has 0 radical (unpaired) electrons. The molecule has 20 heavy (non-hydrogen) atoms. The van der Waals surface area contributed by atoms with Crippen LogP contribution >= 0.6 is 0 Å². The number of hydrogen-bond acceptors (Lipinski definition) is 4. The summed E-state index contributed by atoms with van der Waals surface area (Å²) in [5.41, 5.74) is 7.26. The number of nitrogens with zero attached hydrogens (tertiary/aromatic N) is 1. The van der Waals surface area contributed by atoms with Gasteiger partial charge in [-0.05, 0) is 43.5 Å². The molecule has 2 unspecified atom stereocenters. The summed E-state index contributed by atoms with van der Waals surface area (Å²) in [6.07, 6.45) is 4.47. The fourth-order valence-corrected chi connectivity index (χ4v) is 3.18. The first-order chi connectivity index (χ1) is 9.80. The Balaban J connectivity index is 2.15. The van der Waals surface area contributed by atoms with Gasteiger partial charge in [0.25, 0.3) is 0 Å². The van der Waals surface area contributed by atoms with E-state index in [2.05, 4.69) is 17.0 Å². The second-order valence-corrected chi connectivity index (χ2v) is 5.42. The van der Waals surface area contributed by atoms with Crippen molar-refractivity contribution >= 4 is 0 Å². The summed E-state index contributed by atoms with van der Waals surface area (Å²) in [6.45, 7) is 1.92. The summed E-state index contributed by atoms with van der Waals surface area (Å²) in [5.74, 6) is 0.870. The number of piperidine rings is 1. The Morgan fingerprint density at radius 2 is 2.10 bits per heavy atom. The highest BCUT2D eigenvalue weighted by molar-refractivity contribution is 5.29. The van der Waals surface area contributed by atoms with E-state index in [9.17, 15) is 5.11 Å². The molecule has 1 saturated heterocycles. The van der Waals surface area contributed by atoms with Gasteiger partial charge < -0.3 is 15.6 Å². The third-order valence-corrected chi connectivity index (χ3v) is 4.26. The van der Waals surface area contributed by atoms with E-state index in [1.807, 2.05) is 12.1 Å². The van der Waals surface area contributed by atoms with E-state index < -0.39 is 0 Å². The van der Waals surface area contributed by atoms with Crippen molar-refractivity contribution in [1.82, 2.24) is 4.90 Å². The molecule has 0 amide bonds. The van der Waals surface area contributed by atoms with Crippen molar-refractivity contribution < 1.29 is 9.84 Å². The lowest BCUT2D eigenvalue weighted by atomic mass is 9.94. The minimum absolute atomic E-state index is 0.234. The van der Waals surface area contributed by atoms with Crippen molar-refractivity contribution in [3.63, 3.8) is 0 Å². The van der Waals surface area contributed by atoms with E-state index in [4.69, 9.17) is 10.5 Å². The summed E-state index contributed by atoms with van der Waals surface area (Å²) in [7, 11) is 1.68. The molecule has 2 atom stereocenters. The second-order valence-electron chi connectivity index (χ2n) is 5.42. The molecule has 0 bridgehead atoms. The molecule has 0 aliphatic carbocycles. The SMILES string of the molecule is COc1ccc(C(CN)N2CCCCC2CCO)cc1. The van der Waals surface area contributed by atoms with Crippen LogP contribution in [-0.4, -0.2) is 42.9 Å². The quantitative estimate of drug-likeness (QED) is 0.835. The molecular weight excluding hydrogens is 252 g/mol. The van der Waals surface area contributed by atoms with E-state index in [1.54, 1.807) is 7.11 Å². The van der Waals surface area contributed by atoms with Gasteiger partial charge in [-0.3, -0.25) is 4.90 Å². The third-order valence-electron chi connectivity index (χ3n) is 4.26. The highest BCUT2D eigenvalue weighted by Crippen LogP contribution is 2.30. The predicted molar refractivity (Wildman–Crippen MR) is 80.8 cm³/mol. The van der Waals surface area contributed by atoms with Crippen LogP contribution in [0.2, 0.25) is 0 Å². The Hall–Kier alpha value is -1.10. The molecule has 1 fully saturated rings. The van der Waals surface area contributed by atoms with E-state index in [0.29, 0.717) is 12.6 Å². The lowest BCUT2D eigenvalue weighted by Crippen LogP contribution is -2.44. The van der Waals surface area contributed by atoms with Crippen molar-refractivity contribution in [2.75, 3.05) is 26.8 Å². The Labute approximate surface area is 121 Å². The highest BCUT2D eigenvalue weighted by atomic mass is 16.5. The van der Waals surface area contributed by atoms with Gasteiger partial charge in [0.1, 0.15) is 5.75 Å². The lowest BCUT2D eigenvalue weighted by molar-refractivity contribution is 0.0782. The minimum Gasteiger partial charge on any atom is -0.497 e. The molecule has 0 saturated carbocycles. The number of benzene rings is 1. The molecule has 4 nitrogen and oxygen atoms in total. The van der Waals surface area contributed by atoms with Gasteiger partial charge in [-0.2, -0.15) is 0 Å². The van der Waals surface area contributed by atoms with Crippen molar-refractivity contribution in [2.24, 2.45) is 5.73 Å². The largest absolute Gasteiger partial charge is 0.497 e. The average molecular weight is 278 g/mol. The summed E-state index contributed by atoms with van der Waals surface area (Å²) in [4.78, 5) is 2.47. The number of ether oxygens (including phenoxy) is 1. The van der Waals surface area contributed by atoms with E-state index in [0.717, 1.165) is 25.1 Å². The van der Waals surface area contributed by atoms with Crippen LogP contribution in [0.1, 0.15) is 37.3 Å². The molecule has 1 aromatic rings. The monoisotopic (exact) mass is 278 g/mol. The predicted octanol–water partition coefficient (Wildman–Crippen LogP) is 1.93. The molecule has 0 aromatic heterocycles. The van der Waals surface area contributed by atoms with Crippen LogP contribution in [0.3, 0.4) is 0 Å². The number of methoxy groups -OCH3 is 1. The van der Waals surface area contributed by atoms with Crippen LogP contribution in [0, 0.1) is 0 Å². The fourth-order valence-electron chi connectivity index (χ4n) is 3.18. The van der Waals surface area contributed by atoms with Gasteiger partial charge in [-0.25, -0.2) is 0 Å². The Bertz CT molecular complexity index is 392. The molecule has 112 valence electrons. The van der Waals surface area contributed by atoms with Crippen LogP contribution < -0.4 is 10.5 Å². The van der Waals surface area contributed by atoms with Gasteiger partial charge in [-0.15, -0.1) is 0 Å². The maximum atomic E-state index is 9.26. The zero-order valence-corrected chi connectivity index (χ0v) is 12.3. The molecule has 3 N–H and O–H groups in total. The van der Waals surface area contributed by atoms with Gasteiger partial charge >= 0.3 is 0 Å². The van der Waals surface area contributed by atoms with Gasteiger partial charge in [0.2, 0.25) is 0 Å². The summed E-state index contributed by atoms with van der Waals surface area (Å²) in [5, 5.41) is 9.26. The Morgan fingerprint density at radius 3 is 2.70 bits per heavy atom. The number of rotatable bonds is 6. The number of nitrogens with two attached hydrogens (primary N) is 1. The van der Waals surface area contributed by atoms with E-state index >= 15 is 0 Å². The minimum atomic E-state index is 0.234. The molecular formula is C16H26N2O2. The molecule has 2 rings (SSSR count). The summed E-state index contributed by atoms with van der Waals surface area (Å²) < 4.78 is 5.21. The van der Waals surface area contributed by atoms with E-state index in [-0.39, 0.29) is 12.6 Å². The fraction of sp³-hybridized carbons (Fsp3) is 0.625. The maximum absolute atomic E-state index is 9.26. The van der Waals surface area contributed by atoms with Crippen molar-refractivity contribution in [3.05, 3.63) is 29.8 Å². The van der Waals surface area contributed by atoms with Crippen molar-refractivity contribution in [3.8, 4) is 5.75 Å². The van der Waals surface area contributed by atoms with Gasteiger partial charge in [0.15, 0.2) is 0 Å². The number of hydrogen-bond donors (Lipinski definition) is 2. The first kappa shape index (κ1) is 15.3. The van der Waals surface area contributed by atoms with Crippen LogP contribution in [-0.2, 0) is 0 Å². The topological polar surface area (TPSA) is 58.7 Å².